The Morgan fingerprint density at radius 2 is 2.33 bits per heavy atom. The van der Waals surface area contributed by atoms with Gasteiger partial charge in [0, 0.05) is 19.6 Å². The van der Waals surface area contributed by atoms with Crippen LogP contribution in [0, 0.1) is 0 Å². The zero-order valence-electron chi connectivity index (χ0n) is 12.0. The van der Waals surface area contributed by atoms with E-state index in [2.05, 4.69) is 24.1 Å². The molecule has 1 fully saturated rings. The molecule has 1 aliphatic heterocycles. The Hall–Kier alpha value is -0.650. The first kappa shape index (κ1) is 15.4. The second kappa shape index (κ2) is 7.07. The van der Waals surface area contributed by atoms with Crippen molar-refractivity contribution in [2.24, 2.45) is 0 Å². The number of carbonyl (C=O) groups excluding carboxylic acids is 1. The van der Waals surface area contributed by atoms with E-state index in [1.807, 2.05) is 6.92 Å². The van der Waals surface area contributed by atoms with Crippen LogP contribution in [0.15, 0.2) is 0 Å². The van der Waals surface area contributed by atoms with Crippen LogP contribution in [0.2, 0.25) is 0 Å². The summed E-state index contributed by atoms with van der Waals surface area (Å²) in [6.07, 6.45) is 1.22. The molecule has 5 heteroatoms. The second-order valence-corrected chi connectivity index (χ2v) is 5.17. The molecule has 1 aliphatic rings. The van der Waals surface area contributed by atoms with Crippen molar-refractivity contribution < 1.29 is 14.3 Å². The summed E-state index contributed by atoms with van der Waals surface area (Å²) in [7, 11) is 1.44. The molecule has 106 valence electrons. The van der Waals surface area contributed by atoms with E-state index in [1.165, 1.54) is 7.11 Å². The third-order valence-corrected chi connectivity index (χ3v) is 3.27. The molecule has 0 aromatic heterocycles. The van der Waals surface area contributed by atoms with Crippen LogP contribution in [0.25, 0.3) is 0 Å². The van der Waals surface area contributed by atoms with Crippen LogP contribution in [0.5, 0.6) is 0 Å². The van der Waals surface area contributed by atoms with Crippen molar-refractivity contribution in [1.82, 2.24) is 10.2 Å². The minimum Gasteiger partial charge on any atom is -0.468 e. The molecule has 0 saturated carbocycles. The Morgan fingerprint density at radius 3 is 2.89 bits per heavy atom. The minimum absolute atomic E-state index is 0.199. The van der Waals surface area contributed by atoms with Gasteiger partial charge in [0.05, 0.1) is 19.8 Å². The van der Waals surface area contributed by atoms with E-state index >= 15 is 0 Å². The van der Waals surface area contributed by atoms with Crippen molar-refractivity contribution in [1.29, 1.82) is 0 Å². The fourth-order valence-electron chi connectivity index (χ4n) is 2.30. The van der Waals surface area contributed by atoms with Crippen LogP contribution < -0.4 is 5.32 Å². The van der Waals surface area contributed by atoms with Gasteiger partial charge >= 0.3 is 5.97 Å². The lowest BCUT2D eigenvalue weighted by Gasteiger charge is -2.37. The number of carbonyl (C=O) groups is 1. The third kappa shape index (κ3) is 4.23. The molecule has 1 N–H and O–H groups in total. The Kier molecular flexibility index (Phi) is 6.05. The van der Waals surface area contributed by atoms with Gasteiger partial charge in [-0.1, -0.05) is 6.92 Å². The molecule has 1 rings (SSSR count). The van der Waals surface area contributed by atoms with Gasteiger partial charge in [0.15, 0.2) is 0 Å². The summed E-state index contributed by atoms with van der Waals surface area (Å²) < 4.78 is 10.4. The number of rotatable bonds is 6. The maximum absolute atomic E-state index is 12.0. The lowest BCUT2D eigenvalue weighted by molar-refractivity contribution is -0.149. The SMILES string of the molecule is CCCNC(C)(CN1CCOC(C)C1)C(=O)OC. The van der Waals surface area contributed by atoms with Gasteiger partial charge in [-0.3, -0.25) is 9.69 Å². The summed E-state index contributed by atoms with van der Waals surface area (Å²) in [5.74, 6) is -0.199. The van der Waals surface area contributed by atoms with Crippen LogP contribution >= 0.6 is 0 Å². The molecule has 0 spiro atoms. The molecule has 0 radical (unpaired) electrons. The predicted octanol–water partition coefficient (Wildman–Crippen LogP) is 0.638. The molecular formula is C13H26N2O3. The number of morpholine rings is 1. The topological polar surface area (TPSA) is 50.8 Å². The van der Waals surface area contributed by atoms with Gasteiger partial charge in [0.25, 0.3) is 0 Å². The van der Waals surface area contributed by atoms with Crippen molar-refractivity contribution in [3.8, 4) is 0 Å². The largest absolute Gasteiger partial charge is 0.468 e. The van der Waals surface area contributed by atoms with Crippen LogP contribution in [0.1, 0.15) is 27.2 Å². The van der Waals surface area contributed by atoms with E-state index in [4.69, 9.17) is 9.47 Å². The average molecular weight is 258 g/mol. The van der Waals surface area contributed by atoms with Gasteiger partial charge in [-0.25, -0.2) is 0 Å². The average Bonchev–Trinajstić information content (AvgIpc) is 2.35. The van der Waals surface area contributed by atoms with E-state index in [9.17, 15) is 4.79 Å². The van der Waals surface area contributed by atoms with Gasteiger partial charge in [0.2, 0.25) is 0 Å². The van der Waals surface area contributed by atoms with Gasteiger partial charge in [-0.15, -0.1) is 0 Å². The van der Waals surface area contributed by atoms with E-state index in [0.29, 0.717) is 6.54 Å². The molecule has 0 amide bonds. The first-order chi connectivity index (χ1) is 8.51. The van der Waals surface area contributed by atoms with Gasteiger partial charge < -0.3 is 14.8 Å². The number of hydrogen-bond acceptors (Lipinski definition) is 5. The highest BCUT2D eigenvalue weighted by Crippen LogP contribution is 2.13. The summed E-state index contributed by atoms with van der Waals surface area (Å²) in [5.41, 5.74) is -0.637. The molecular weight excluding hydrogens is 232 g/mol. The number of hydrogen-bond donors (Lipinski definition) is 1. The fourth-order valence-corrected chi connectivity index (χ4v) is 2.30. The molecule has 1 heterocycles. The second-order valence-electron chi connectivity index (χ2n) is 5.17. The number of nitrogens with one attached hydrogen (secondary N) is 1. The van der Waals surface area contributed by atoms with Crippen LogP contribution in [0.4, 0.5) is 0 Å². The number of nitrogens with zero attached hydrogens (tertiary/aromatic N) is 1. The summed E-state index contributed by atoms with van der Waals surface area (Å²) in [6, 6.07) is 0. The normalized spacial score (nSPS) is 24.6. The third-order valence-electron chi connectivity index (χ3n) is 3.27. The van der Waals surface area contributed by atoms with Crippen molar-refractivity contribution >= 4 is 5.97 Å². The Bertz CT molecular complexity index is 273. The van der Waals surface area contributed by atoms with E-state index < -0.39 is 5.54 Å². The zero-order valence-corrected chi connectivity index (χ0v) is 12.0. The van der Waals surface area contributed by atoms with E-state index in [1.54, 1.807) is 0 Å². The highest BCUT2D eigenvalue weighted by atomic mass is 16.5. The molecule has 0 aromatic carbocycles. The monoisotopic (exact) mass is 258 g/mol. The van der Waals surface area contributed by atoms with Crippen molar-refractivity contribution in [2.75, 3.05) is 39.9 Å². The van der Waals surface area contributed by atoms with Crippen LogP contribution in [-0.2, 0) is 14.3 Å². The maximum atomic E-state index is 12.0. The maximum Gasteiger partial charge on any atom is 0.327 e. The summed E-state index contributed by atoms with van der Waals surface area (Å²) in [6.45, 7) is 9.98. The molecule has 0 bridgehead atoms. The quantitative estimate of drug-likeness (QED) is 0.709. The molecule has 18 heavy (non-hydrogen) atoms. The molecule has 1 saturated heterocycles. The molecule has 2 atom stereocenters. The van der Waals surface area contributed by atoms with E-state index in [-0.39, 0.29) is 12.1 Å². The highest BCUT2D eigenvalue weighted by Gasteiger charge is 2.36. The molecule has 0 aliphatic carbocycles. The first-order valence-electron chi connectivity index (χ1n) is 6.69. The summed E-state index contributed by atoms with van der Waals surface area (Å²) >= 11 is 0. The van der Waals surface area contributed by atoms with Gasteiger partial charge in [0.1, 0.15) is 5.54 Å². The smallest absolute Gasteiger partial charge is 0.327 e. The van der Waals surface area contributed by atoms with Crippen molar-refractivity contribution in [2.45, 2.75) is 38.8 Å². The van der Waals surface area contributed by atoms with Crippen molar-refractivity contribution in [3.05, 3.63) is 0 Å². The van der Waals surface area contributed by atoms with Gasteiger partial charge in [-0.2, -0.15) is 0 Å². The minimum atomic E-state index is -0.637. The Morgan fingerprint density at radius 1 is 1.61 bits per heavy atom. The van der Waals surface area contributed by atoms with Crippen LogP contribution in [-0.4, -0.2) is 62.4 Å². The lowest BCUT2D eigenvalue weighted by atomic mass is 10.0. The number of ether oxygens (including phenoxy) is 2. The highest BCUT2D eigenvalue weighted by molar-refractivity contribution is 5.80. The van der Waals surface area contributed by atoms with Gasteiger partial charge in [-0.05, 0) is 26.8 Å². The number of methoxy groups -OCH3 is 1. The predicted molar refractivity (Wildman–Crippen MR) is 70.6 cm³/mol. The fraction of sp³-hybridized carbons (Fsp3) is 0.923. The van der Waals surface area contributed by atoms with Crippen LogP contribution in [0.3, 0.4) is 0 Å². The Labute approximate surface area is 110 Å². The molecule has 0 aromatic rings. The first-order valence-corrected chi connectivity index (χ1v) is 6.69. The lowest BCUT2D eigenvalue weighted by Crippen LogP contribution is -2.59. The summed E-state index contributed by atoms with van der Waals surface area (Å²) in [5, 5.41) is 3.30. The van der Waals surface area contributed by atoms with Crippen molar-refractivity contribution in [3.63, 3.8) is 0 Å². The standard InChI is InChI=1S/C13H26N2O3/c1-5-6-14-13(3,12(16)17-4)10-15-7-8-18-11(2)9-15/h11,14H,5-10H2,1-4H3. The Balaban J connectivity index is 2.62. The molecule has 5 nitrogen and oxygen atoms in total. The summed E-state index contributed by atoms with van der Waals surface area (Å²) in [4.78, 5) is 14.2. The number of esters is 1. The molecule has 2 unspecified atom stereocenters. The van der Waals surface area contributed by atoms with E-state index in [0.717, 1.165) is 32.7 Å². The zero-order chi connectivity index (χ0) is 13.6.